The molecule has 1 heteroatoms. The Morgan fingerprint density at radius 1 is 0.686 bits per heavy atom. The second kappa shape index (κ2) is 8.77. The average molecular weight is 450 g/mol. The van der Waals surface area contributed by atoms with Crippen molar-refractivity contribution in [1.29, 1.82) is 0 Å². The number of nitrogens with one attached hydrogen (secondary N) is 1. The number of rotatable bonds is 5. The lowest BCUT2D eigenvalue weighted by atomic mass is 9.78. The number of hydrogen-bond acceptors (Lipinski definition) is 0. The Morgan fingerprint density at radius 3 is 2.14 bits per heavy atom. The van der Waals surface area contributed by atoms with E-state index in [-0.39, 0.29) is 0 Å². The molecule has 168 valence electrons. The summed E-state index contributed by atoms with van der Waals surface area (Å²) in [7, 11) is 0. The maximum absolute atomic E-state index is 4.25. The van der Waals surface area contributed by atoms with Gasteiger partial charge in [0.05, 0.1) is 0 Å². The van der Waals surface area contributed by atoms with Crippen LogP contribution in [0, 0.1) is 0 Å². The highest BCUT2D eigenvalue weighted by Crippen LogP contribution is 2.44. The number of benzene rings is 4. The summed E-state index contributed by atoms with van der Waals surface area (Å²) in [6.45, 7) is 8.49. The molecule has 1 heterocycles. The molecule has 35 heavy (non-hydrogen) atoms. The predicted molar refractivity (Wildman–Crippen MR) is 152 cm³/mol. The summed E-state index contributed by atoms with van der Waals surface area (Å²) in [6, 6.07) is 26.3. The van der Waals surface area contributed by atoms with Crippen molar-refractivity contribution < 1.29 is 0 Å². The van der Waals surface area contributed by atoms with Crippen molar-refractivity contribution in [3.63, 3.8) is 0 Å². The van der Waals surface area contributed by atoms with Crippen LogP contribution in [0.15, 0.2) is 104 Å². The zero-order chi connectivity index (χ0) is 23.8. The van der Waals surface area contributed by atoms with E-state index in [0.717, 1.165) is 24.0 Å². The maximum atomic E-state index is 4.25. The Labute approximate surface area is 206 Å². The minimum absolute atomic E-state index is 1.01. The van der Waals surface area contributed by atoms with Crippen LogP contribution in [0.5, 0.6) is 0 Å². The van der Waals surface area contributed by atoms with Gasteiger partial charge in [-0.3, -0.25) is 0 Å². The lowest BCUT2D eigenvalue weighted by Gasteiger charge is -2.26. The fourth-order valence-electron chi connectivity index (χ4n) is 5.48. The van der Waals surface area contributed by atoms with Gasteiger partial charge in [-0.1, -0.05) is 98.1 Å². The van der Waals surface area contributed by atoms with Crippen molar-refractivity contribution in [1.82, 2.24) is 4.98 Å². The second-order valence-electron chi connectivity index (χ2n) is 9.06. The van der Waals surface area contributed by atoms with Crippen LogP contribution in [0.4, 0.5) is 0 Å². The number of hydrogen-bond donors (Lipinski definition) is 1. The zero-order valence-electron chi connectivity index (χ0n) is 19.7. The summed E-state index contributed by atoms with van der Waals surface area (Å²) in [5, 5.41) is 2.50. The van der Waals surface area contributed by atoms with Gasteiger partial charge in [-0.15, -0.1) is 0 Å². The molecular weight excluding hydrogens is 422 g/mol. The Bertz CT molecular complexity index is 1600. The van der Waals surface area contributed by atoms with E-state index in [1.807, 2.05) is 24.5 Å². The second-order valence-corrected chi connectivity index (χ2v) is 9.06. The van der Waals surface area contributed by atoms with Crippen LogP contribution in [-0.4, -0.2) is 4.98 Å². The third-order valence-electron chi connectivity index (χ3n) is 7.12. The van der Waals surface area contributed by atoms with Gasteiger partial charge < -0.3 is 4.98 Å². The Kier molecular flexibility index (Phi) is 5.31. The molecule has 1 nitrogen and oxygen atoms in total. The molecule has 6 rings (SSSR count). The minimum Gasteiger partial charge on any atom is -0.367 e. The molecule has 0 saturated carbocycles. The lowest BCUT2D eigenvalue weighted by Crippen LogP contribution is -2.05. The van der Waals surface area contributed by atoms with E-state index in [9.17, 15) is 0 Å². The van der Waals surface area contributed by atoms with Crippen molar-refractivity contribution in [2.24, 2.45) is 0 Å². The first-order valence-electron chi connectivity index (χ1n) is 12.2. The number of H-pyrrole nitrogens is 1. The van der Waals surface area contributed by atoms with E-state index in [1.54, 1.807) is 0 Å². The fraction of sp³-hybridized carbons (Fsp3) is 0.0588. The fourth-order valence-corrected chi connectivity index (χ4v) is 5.48. The van der Waals surface area contributed by atoms with Gasteiger partial charge in [0.1, 0.15) is 0 Å². The highest BCUT2D eigenvalue weighted by molar-refractivity contribution is 5.98. The van der Waals surface area contributed by atoms with E-state index in [0.29, 0.717) is 0 Å². The maximum Gasteiger partial charge on any atom is 0.00841 e. The standard InChI is InChI=1S/C34H27N/c1-3-29-30(4-2)34(27-18-15-23-9-5-6-10-26(23)21-27)32-12-8-7-11-31(32)33(29)25-16-13-24(14-17-25)28-19-20-35-22-28/h3-6,8-10,12-22,35H,1-2,7,11H2. The molecule has 0 atom stereocenters. The van der Waals surface area contributed by atoms with Gasteiger partial charge in [0.25, 0.3) is 0 Å². The van der Waals surface area contributed by atoms with Crippen LogP contribution >= 0.6 is 0 Å². The molecule has 4 aromatic carbocycles. The molecule has 1 aromatic heterocycles. The summed E-state index contributed by atoms with van der Waals surface area (Å²) < 4.78 is 0. The molecule has 0 amide bonds. The molecule has 0 fully saturated rings. The van der Waals surface area contributed by atoms with E-state index in [4.69, 9.17) is 0 Å². The van der Waals surface area contributed by atoms with Crippen LogP contribution in [0.2, 0.25) is 0 Å². The molecule has 0 bridgehead atoms. The van der Waals surface area contributed by atoms with E-state index in [1.165, 1.54) is 55.3 Å². The number of allylic oxidation sites excluding steroid dienone is 1. The summed E-state index contributed by atoms with van der Waals surface area (Å²) in [6.07, 6.45) is 14.7. The van der Waals surface area contributed by atoms with Crippen LogP contribution in [0.3, 0.4) is 0 Å². The highest BCUT2D eigenvalue weighted by Gasteiger charge is 2.23. The zero-order valence-corrected chi connectivity index (χ0v) is 19.7. The van der Waals surface area contributed by atoms with Crippen LogP contribution in [0.25, 0.3) is 62.4 Å². The molecule has 0 saturated heterocycles. The molecule has 1 aliphatic rings. The van der Waals surface area contributed by atoms with E-state index in [2.05, 4.69) is 103 Å². The number of aromatic amines is 1. The monoisotopic (exact) mass is 449 g/mol. The van der Waals surface area contributed by atoms with Crippen LogP contribution < -0.4 is 0 Å². The van der Waals surface area contributed by atoms with Gasteiger partial charge in [0.2, 0.25) is 0 Å². The Morgan fingerprint density at radius 2 is 1.40 bits per heavy atom. The largest absolute Gasteiger partial charge is 0.367 e. The number of aromatic nitrogens is 1. The third-order valence-corrected chi connectivity index (χ3v) is 7.12. The molecule has 1 aliphatic carbocycles. The summed E-state index contributed by atoms with van der Waals surface area (Å²) in [5.74, 6) is 0. The van der Waals surface area contributed by atoms with Gasteiger partial charge in [0.15, 0.2) is 0 Å². The van der Waals surface area contributed by atoms with Gasteiger partial charge in [-0.25, -0.2) is 0 Å². The first-order valence-corrected chi connectivity index (χ1v) is 12.2. The molecule has 1 N–H and O–H groups in total. The normalized spacial score (nSPS) is 12.5. The quantitative estimate of drug-likeness (QED) is 0.275. The predicted octanol–water partition coefficient (Wildman–Crippen LogP) is 9.41. The Hall–Kier alpha value is -4.36. The first kappa shape index (κ1) is 21.2. The summed E-state index contributed by atoms with van der Waals surface area (Å²) in [4.78, 5) is 3.15. The molecule has 0 aliphatic heterocycles. The van der Waals surface area contributed by atoms with E-state index >= 15 is 0 Å². The molecular formula is C34H27N. The van der Waals surface area contributed by atoms with Gasteiger partial charge in [-0.05, 0) is 91.4 Å². The van der Waals surface area contributed by atoms with Gasteiger partial charge in [-0.2, -0.15) is 0 Å². The Balaban J connectivity index is 1.61. The van der Waals surface area contributed by atoms with Gasteiger partial charge >= 0.3 is 0 Å². The van der Waals surface area contributed by atoms with Crippen LogP contribution in [0.1, 0.15) is 28.7 Å². The molecule has 0 radical (unpaired) electrons. The van der Waals surface area contributed by atoms with Crippen molar-refractivity contribution in [3.8, 4) is 33.4 Å². The third kappa shape index (κ3) is 3.57. The highest BCUT2D eigenvalue weighted by atomic mass is 14.6. The molecule has 0 spiro atoms. The average Bonchev–Trinajstić information content (AvgIpc) is 3.46. The molecule has 5 aromatic rings. The smallest absolute Gasteiger partial charge is 0.00841 e. The topological polar surface area (TPSA) is 15.8 Å². The lowest BCUT2D eigenvalue weighted by molar-refractivity contribution is 0.987. The van der Waals surface area contributed by atoms with Crippen molar-refractivity contribution in [3.05, 3.63) is 127 Å². The minimum atomic E-state index is 1.01. The van der Waals surface area contributed by atoms with Crippen molar-refractivity contribution in [2.45, 2.75) is 12.8 Å². The van der Waals surface area contributed by atoms with Crippen LogP contribution in [-0.2, 0) is 6.42 Å². The van der Waals surface area contributed by atoms with Crippen molar-refractivity contribution >= 4 is 29.0 Å². The summed E-state index contributed by atoms with van der Waals surface area (Å²) in [5.41, 5.74) is 12.4. The summed E-state index contributed by atoms with van der Waals surface area (Å²) >= 11 is 0. The first-order chi connectivity index (χ1) is 17.3. The van der Waals surface area contributed by atoms with E-state index < -0.39 is 0 Å². The number of fused-ring (bicyclic) bond motifs is 2. The van der Waals surface area contributed by atoms with Crippen molar-refractivity contribution in [2.75, 3.05) is 0 Å². The van der Waals surface area contributed by atoms with Gasteiger partial charge in [0, 0.05) is 12.4 Å². The SMILES string of the molecule is C=Cc1c(C=C)c(-c2ccc(-c3cc[nH]c3)cc2)c2c(c1-c1ccc3ccccc3c1)C=CCC2. The molecule has 0 unspecified atom stereocenters.